The summed E-state index contributed by atoms with van der Waals surface area (Å²) >= 11 is 0. The summed E-state index contributed by atoms with van der Waals surface area (Å²) in [5.41, 5.74) is 1.62. The van der Waals surface area contributed by atoms with Gasteiger partial charge in [-0.05, 0) is 55.0 Å². The SMILES string of the molecule is CCCc1c(OCCC(CCC)c2ccc(OC)c(OC)c2)ccc(C(=O)O)c1O. The molecular weight excluding hydrogens is 384 g/mol. The van der Waals surface area contributed by atoms with E-state index < -0.39 is 5.97 Å². The molecule has 0 heterocycles. The van der Waals surface area contributed by atoms with Crippen molar-refractivity contribution in [1.82, 2.24) is 0 Å². The van der Waals surface area contributed by atoms with Crippen molar-refractivity contribution in [2.75, 3.05) is 20.8 Å². The highest BCUT2D eigenvalue weighted by atomic mass is 16.5. The molecule has 0 bridgehead atoms. The van der Waals surface area contributed by atoms with Crippen LogP contribution in [-0.2, 0) is 6.42 Å². The fourth-order valence-corrected chi connectivity index (χ4v) is 3.66. The summed E-state index contributed by atoms with van der Waals surface area (Å²) < 4.78 is 16.8. The largest absolute Gasteiger partial charge is 0.507 e. The van der Waals surface area contributed by atoms with Crippen LogP contribution < -0.4 is 14.2 Å². The standard InChI is InChI=1S/C24H32O6/c1-5-7-16(17-9-11-21(28-3)22(15-17)29-4)13-14-30-20-12-10-19(24(26)27)23(25)18(20)8-6-2/h9-12,15-16,25H,5-8,13-14H2,1-4H3,(H,26,27). The zero-order valence-electron chi connectivity index (χ0n) is 18.2. The number of aromatic carboxylic acids is 1. The summed E-state index contributed by atoms with van der Waals surface area (Å²) in [4.78, 5) is 11.3. The van der Waals surface area contributed by atoms with Gasteiger partial charge >= 0.3 is 5.97 Å². The summed E-state index contributed by atoms with van der Waals surface area (Å²) in [6.45, 7) is 4.59. The van der Waals surface area contributed by atoms with Gasteiger partial charge in [0.15, 0.2) is 11.5 Å². The number of rotatable bonds is 12. The van der Waals surface area contributed by atoms with Crippen LogP contribution in [-0.4, -0.2) is 37.0 Å². The Morgan fingerprint density at radius 1 is 0.967 bits per heavy atom. The summed E-state index contributed by atoms with van der Waals surface area (Å²) in [6.07, 6.45) is 4.15. The minimum absolute atomic E-state index is 0.0972. The maximum Gasteiger partial charge on any atom is 0.339 e. The predicted octanol–water partition coefficient (Wildman–Crippen LogP) is 5.41. The van der Waals surface area contributed by atoms with Crippen LogP contribution >= 0.6 is 0 Å². The van der Waals surface area contributed by atoms with E-state index in [1.807, 2.05) is 19.1 Å². The molecule has 0 fully saturated rings. The molecule has 0 saturated heterocycles. The summed E-state index contributed by atoms with van der Waals surface area (Å²) in [5, 5.41) is 19.6. The van der Waals surface area contributed by atoms with Crippen LogP contribution in [0.25, 0.3) is 0 Å². The van der Waals surface area contributed by atoms with Gasteiger partial charge in [-0.15, -0.1) is 0 Å². The minimum Gasteiger partial charge on any atom is -0.507 e. The van der Waals surface area contributed by atoms with E-state index in [1.165, 1.54) is 6.07 Å². The molecule has 2 rings (SSSR count). The molecule has 2 aromatic carbocycles. The molecule has 6 nitrogen and oxygen atoms in total. The highest BCUT2D eigenvalue weighted by Crippen LogP contribution is 2.35. The molecule has 0 aliphatic carbocycles. The molecule has 0 aliphatic rings. The van der Waals surface area contributed by atoms with E-state index >= 15 is 0 Å². The van der Waals surface area contributed by atoms with E-state index in [0.29, 0.717) is 35.8 Å². The van der Waals surface area contributed by atoms with E-state index in [9.17, 15) is 15.0 Å². The number of methoxy groups -OCH3 is 2. The molecule has 164 valence electrons. The number of hydrogen-bond donors (Lipinski definition) is 2. The van der Waals surface area contributed by atoms with Crippen molar-refractivity contribution in [2.45, 2.75) is 51.9 Å². The zero-order chi connectivity index (χ0) is 22.1. The van der Waals surface area contributed by atoms with E-state index in [1.54, 1.807) is 20.3 Å². The lowest BCUT2D eigenvalue weighted by Gasteiger charge is -2.20. The second-order valence-electron chi connectivity index (χ2n) is 7.23. The second kappa shape index (κ2) is 11.3. The summed E-state index contributed by atoms with van der Waals surface area (Å²) in [6, 6.07) is 9.01. The number of aromatic hydroxyl groups is 1. The Morgan fingerprint density at radius 2 is 1.67 bits per heavy atom. The van der Waals surface area contributed by atoms with Crippen LogP contribution in [0.2, 0.25) is 0 Å². The Bertz CT molecular complexity index is 846. The monoisotopic (exact) mass is 416 g/mol. The quantitative estimate of drug-likeness (QED) is 0.481. The first-order valence-electron chi connectivity index (χ1n) is 10.4. The molecule has 0 spiro atoms. The van der Waals surface area contributed by atoms with Crippen LogP contribution in [0.15, 0.2) is 30.3 Å². The van der Waals surface area contributed by atoms with Gasteiger partial charge in [0.25, 0.3) is 0 Å². The number of benzene rings is 2. The third kappa shape index (κ3) is 5.59. The first-order chi connectivity index (χ1) is 14.5. The van der Waals surface area contributed by atoms with Gasteiger partial charge in [-0.1, -0.05) is 32.8 Å². The Balaban J connectivity index is 2.16. The van der Waals surface area contributed by atoms with Crippen molar-refractivity contribution in [1.29, 1.82) is 0 Å². The number of phenols is 1. The molecule has 2 N–H and O–H groups in total. The smallest absolute Gasteiger partial charge is 0.339 e. The number of carbonyl (C=O) groups is 1. The van der Waals surface area contributed by atoms with Gasteiger partial charge in [0.05, 0.1) is 20.8 Å². The molecular formula is C24H32O6. The molecule has 30 heavy (non-hydrogen) atoms. The van der Waals surface area contributed by atoms with Crippen LogP contribution in [0.5, 0.6) is 23.0 Å². The van der Waals surface area contributed by atoms with Gasteiger partial charge in [0, 0.05) is 5.56 Å². The summed E-state index contributed by atoms with van der Waals surface area (Å²) in [5.74, 6) is 0.889. The highest BCUT2D eigenvalue weighted by Gasteiger charge is 2.19. The molecule has 0 amide bonds. The fourth-order valence-electron chi connectivity index (χ4n) is 3.66. The van der Waals surface area contributed by atoms with Crippen LogP contribution in [0, 0.1) is 0 Å². The lowest BCUT2D eigenvalue weighted by atomic mass is 9.91. The molecule has 0 radical (unpaired) electrons. The van der Waals surface area contributed by atoms with Crippen molar-refractivity contribution < 1.29 is 29.2 Å². The lowest BCUT2D eigenvalue weighted by Crippen LogP contribution is -2.08. The second-order valence-corrected chi connectivity index (χ2v) is 7.23. The number of carboxylic acids is 1. The van der Waals surface area contributed by atoms with Gasteiger partial charge in [0.2, 0.25) is 0 Å². The highest BCUT2D eigenvalue weighted by molar-refractivity contribution is 5.91. The number of carboxylic acid groups (broad SMARTS) is 1. The Labute approximate surface area is 178 Å². The van der Waals surface area contributed by atoms with Crippen LogP contribution in [0.4, 0.5) is 0 Å². The van der Waals surface area contributed by atoms with Crippen molar-refractivity contribution in [2.24, 2.45) is 0 Å². The Kier molecular flexibility index (Phi) is 8.84. The van der Waals surface area contributed by atoms with Crippen molar-refractivity contribution >= 4 is 5.97 Å². The van der Waals surface area contributed by atoms with Crippen LogP contribution in [0.3, 0.4) is 0 Å². The molecule has 0 aliphatic heterocycles. The van der Waals surface area contributed by atoms with Gasteiger partial charge in [-0.2, -0.15) is 0 Å². The first kappa shape index (κ1) is 23.4. The zero-order valence-corrected chi connectivity index (χ0v) is 18.2. The van der Waals surface area contributed by atoms with Gasteiger partial charge in [0.1, 0.15) is 17.1 Å². The van der Waals surface area contributed by atoms with Gasteiger partial charge in [-0.25, -0.2) is 4.79 Å². The average molecular weight is 417 g/mol. The Hall–Kier alpha value is -2.89. The number of ether oxygens (including phenoxy) is 3. The van der Waals surface area contributed by atoms with Crippen LogP contribution in [0.1, 0.15) is 66.9 Å². The fraction of sp³-hybridized carbons (Fsp3) is 0.458. The molecule has 1 unspecified atom stereocenters. The van der Waals surface area contributed by atoms with Crippen molar-refractivity contribution in [3.05, 3.63) is 47.0 Å². The molecule has 6 heteroatoms. The third-order valence-electron chi connectivity index (χ3n) is 5.21. The maximum atomic E-state index is 11.3. The molecule has 0 aromatic heterocycles. The maximum absolute atomic E-state index is 11.3. The van der Waals surface area contributed by atoms with E-state index in [-0.39, 0.29) is 17.2 Å². The van der Waals surface area contributed by atoms with Gasteiger partial charge in [-0.3, -0.25) is 0 Å². The normalized spacial score (nSPS) is 11.7. The van der Waals surface area contributed by atoms with E-state index in [4.69, 9.17) is 14.2 Å². The number of hydrogen-bond acceptors (Lipinski definition) is 5. The molecule has 0 saturated carbocycles. The summed E-state index contributed by atoms with van der Waals surface area (Å²) in [7, 11) is 3.25. The predicted molar refractivity (Wildman–Crippen MR) is 116 cm³/mol. The minimum atomic E-state index is -1.15. The topological polar surface area (TPSA) is 85.2 Å². The first-order valence-corrected chi connectivity index (χ1v) is 10.4. The van der Waals surface area contributed by atoms with Crippen molar-refractivity contribution in [3.8, 4) is 23.0 Å². The molecule has 2 aromatic rings. The molecule has 1 atom stereocenters. The van der Waals surface area contributed by atoms with E-state index in [0.717, 1.165) is 31.2 Å². The van der Waals surface area contributed by atoms with E-state index in [2.05, 4.69) is 13.0 Å². The third-order valence-corrected chi connectivity index (χ3v) is 5.21. The average Bonchev–Trinajstić information content (AvgIpc) is 2.74. The Morgan fingerprint density at radius 3 is 2.27 bits per heavy atom. The van der Waals surface area contributed by atoms with Gasteiger partial charge < -0.3 is 24.4 Å². The van der Waals surface area contributed by atoms with Crippen molar-refractivity contribution in [3.63, 3.8) is 0 Å². The lowest BCUT2D eigenvalue weighted by molar-refractivity contribution is 0.0693.